The summed E-state index contributed by atoms with van der Waals surface area (Å²) < 4.78 is 10.2. The summed E-state index contributed by atoms with van der Waals surface area (Å²) in [5.74, 6) is -0.586. The molecule has 0 aromatic rings. The largest absolute Gasteiger partial charge is 0.461 e. The minimum atomic E-state index is -0.769. The molecule has 0 aromatic heterocycles. The Morgan fingerprint density at radius 3 is 2.16 bits per heavy atom. The second kappa shape index (κ2) is 7.33. The van der Waals surface area contributed by atoms with Crippen molar-refractivity contribution < 1.29 is 19.1 Å². The zero-order valence-corrected chi connectivity index (χ0v) is 13.7. The average molecular weight is 286 g/mol. The highest BCUT2D eigenvalue weighted by atomic mass is 28.3. The van der Waals surface area contributed by atoms with Gasteiger partial charge in [-0.25, -0.2) is 9.59 Å². The Labute approximate surface area is 117 Å². The molecule has 0 aliphatic carbocycles. The molecule has 0 spiro atoms. The van der Waals surface area contributed by atoms with Crippen LogP contribution in [0.4, 0.5) is 4.79 Å². The van der Waals surface area contributed by atoms with Crippen molar-refractivity contribution in [2.75, 3.05) is 12.8 Å². The van der Waals surface area contributed by atoms with E-state index in [-0.39, 0.29) is 12.3 Å². The van der Waals surface area contributed by atoms with Gasteiger partial charge in [-0.3, -0.25) is 4.90 Å². The quantitative estimate of drug-likeness (QED) is 0.443. The summed E-state index contributed by atoms with van der Waals surface area (Å²) in [5.41, 5.74) is -0.583. The van der Waals surface area contributed by atoms with E-state index in [0.29, 0.717) is 6.17 Å². The number of hydrogen-bond donors (Lipinski definition) is 0. The van der Waals surface area contributed by atoms with Crippen LogP contribution in [0.1, 0.15) is 27.7 Å². The SMILES string of the molecule is C=C(C(=O)OCC)N(C[Si](C)C)C(=O)OC(C)(C)C. The van der Waals surface area contributed by atoms with Gasteiger partial charge in [-0.05, 0) is 27.7 Å². The fourth-order valence-corrected chi connectivity index (χ4v) is 2.18. The standard InChI is InChI=1S/C13H24NO4Si/c1-8-17-11(15)10(2)14(9-19(6)7)12(16)18-13(3,4)5/h2,8-9H2,1,3-7H3. The predicted molar refractivity (Wildman–Crippen MR) is 76.2 cm³/mol. The van der Waals surface area contributed by atoms with Crippen LogP contribution in [0.2, 0.25) is 13.1 Å². The second-order valence-electron chi connectivity index (χ2n) is 5.44. The predicted octanol–water partition coefficient (Wildman–Crippen LogP) is 2.59. The van der Waals surface area contributed by atoms with Crippen LogP contribution in [0, 0.1) is 0 Å². The third-order valence-corrected chi connectivity index (χ3v) is 2.87. The van der Waals surface area contributed by atoms with Gasteiger partial charge in [-0.2, -0.15) is 0 Å². The second-order valence-corrected chi connectivity index (χ2v) is 8.17. The Morgan fingerprint density at radius 2 is 1.79 bits per heavy atom. The van der Waals surface area contributed by atoms with Crippen LogP contribution in [0.25, 0.3) is 0 Å². The lowest BCUT2D eigenvalue weighted by atomic mass is 10.2. The lowest BCUT2D eigenvalue weighted by molar-refractivity contribution is -0.140. The highest BCUT2D eigenvalue weighted by molar-refractivity contribution is 6.56. The van der Waals surface area contributed by atoms with Crippen molar-refractivity contribution in [3.8, 4) is 0 Å². The maximum absolute atomic E-state index is 12.1. The van der Waals surface area contributed by atoms with Crippen molar-refractivity contribution in [2.45, 2.75) is 46.4 Å². The molecule has 0 saturated carbocycles. The van der Waals surface area contributed by atoms with Crippen LogP contribution in [0.5, 0.6) is 0 Å². The third-order valence-electron chi connectivity index (χ3n) is 1.93. The molecule has 0 fully saturated rings. The molecule has 0 aliphatic heterocycles. The molecule has 0 atom stereocenters. The molecule has 0 saturated heterocycles. The zero-order valence-electron chi connectivity index (χ0n) is 12.7. The van der Waals surface area contributed by atoms with Gasteiger partial charge >= 0.3 is 12.1 Å². The Hall–Kier alpha value is -1.30. The van der Waals surface area contributed by atoms with E-state index >= 15 is 0 Å². The molecule has 0 N–H and O–H groups in total. The number of ether oxygens (including phenoxy) is 2. The smallest absolute Gasteiger partial charge is 0.414 e. The van der Waals surface area contributed by atoms with E-state index in [2.05, 4.69) is 6.58 Å². The van der Waals surface area contributed by atoms with Crippen LogP contribution >= 0.6 is 0 Å². The van der Waals surface area contributed by atoms with Crippen LogP contribution in [-0.2, 0) is 14.3 Å². The van der Waals surface area contributed by atoms with E-state index in [4.69, 9.17) is 9.47 Å². The molecule has 6 heteroatoms. The zero-order chi connectivity index (χ0) is 15.2. The summed E-state index contributed by atoms with van der Waals surface area (Å²) in [5, 5.41) is 0. The number of esters is 1. The molecular weight excluding hydrogens is 262 g/mol. The van der Waals surface area contributed by atoms with Crippen LogP contribution < -0.4 is 0 Å². The van der Waals surface area contributed by atoms with E-state index < -0.39 is 26.5 Å². The lowest BCUT2D eigenvalue weighted by Crippen LogP contribution is -2.42. The first-order valence-corrected chi connectivity index (χ1v) is 8.94. The van der Waals surface area contributed by atoms with E-state index in [1.807, 2.05) is 13.1 Å². The lowest BCUT2D eigenvalue weighted by Gasteiger charge is -2.28. The first-order valence-electron chi connectivity index (χ1n) is 6.24. The van der Waals surface area contributed by atoms with E-state index in [1.54, 1.807) is 27.7 Å². The Bertz CT molecular complexity index is 347. The molecule has 0 aliphatic rings. The average Bonchev–Trinajstić information content (AvgIpc) is 2.22. The van der Waals surface area contributed by atoms with Crippen molar-refractivity contribution in [1.82, 2.24) is 4.90 Å². The first kappa shape index (κ1) is 17.7. The minimum Gasteiger partial charge on any atom is -0.461 e. The van der Waals surface area contributed by atoms with Gasteiger partial charge in [0, 0.05) is 6.17 Å². The molecule has 0 heterocycles. The number of rotatable bonds is 5. The molecule has 109 valence electrons. The number of nitrogens with zero attached hydrogens (tertiary/aromatic N) is 1. The Balaban J connectivity index is 4.95. The summed E-state index contributed by atoms with van der Waals surface area (Å²) in [6.07, 6.45) is -0.103. The van der Waals surface area contributed by atoms with E-state index in [0.717, 1.165) is 0 Å². The van der Waals surface area contributed by atoms with Crippen molar-refractivity contribution in [2.24, 2.45) is 0 Å². The molecule has 0 aromatic carbocycles. The van der Waals surface area contributed by atoms with E-state index in [9.17, 15) is 9.59 Å². The summed E-state index contributed by atoms with van der Waals surface area (Å²) >= 11 is 0. The molecule has 1 amide bonds. The van der Waals surface area contributed by atoms with Crippen molar-refractivity contribution in [1.29, 1.82) is 0 Å². The summed E-state index contributed by atoms with van der Waals surface area (Å²) in [6.45, 7) is 15.0. The number of hydrogen-bond acceptors (Lipinski definition) is 4. The van der Waals surface area contributed by atoms with Crippen LogP contribution in [-0.4, -0.2) is 44.1 Å². The van der Waals surface area contributed by atoms with Crippen molar-refractivity contribution >= 4 is 20.9 Å². The Morgan fingerprint density at radius 1 is 1.26 bits per heavy atom. The fraction of sp³-hybridized carbons (Fsp3) is 0.692. The minimum absolute atomic E-state index is 0.0299. The monoisotopic (exact) mass is 286 g/mol. The van der Waals surface area contributed by atoms with Crippen molar-refractivity contribution in [3.63, 3.8) is 0 Å². The highest BCUT2D eigenvalue weighted by Gasteiger charge is 2.28. The van der Waals surface area contributed by atoms with Gasteiger partial charge in [0.2, 0.25) is 0 Å². The van der Waals surface area contributed by atoms with Crippen LogP contribution in [0.15, 0.2) is 12.3 Å². The van der Waals surface area contributed by atoms with Crippen LogP contribution in [0.3, 0.4) is 0 Å². The molecule has 5 nitrogen and oxygen atoms in total. The molecule has 0 unspecified atom stereocenters. The number of carbonyl (C=O) groups is 2. The highest BCUT2D eigenvalue weighted by Crippen LogP contribution is 2.14. The van der Waals surface area contributed by atoms with Gasteiger partial charge in [-0.1, -0.05) is 19.7 Å². The molecule has 0 rings (SSSR count). The van der Waals surface area contributed by atoms with Gasteiger partial charge in [0.15, 0.2) is 0 Å². The van der Waals surface area contributed by atoms with Gasteiger partial charge in [0.05, 0.1) is 15.4 Å². The van der Waals surface area contributed by atoms with Gasteiger partial charge < -0.3 is 9.47 Å². The van der Waals surface area contributed by atoms with Gasteiger partial charge in [-0.15, -0.1) is 0 Å². The molecule has 0 bridgehead atoms. The van der Waals surface area contributed by atoms with Crippen molar-refractivity contribution in [3.05, 3.63) is 12.3 Å². The summed E-state index contributed by atoms with van der Waals surface area (Å²) in [4.78, 5) is 25.0. The van der Waals surface area contributed by atoms with Gasteiger partial charge in [0.1, 0.15) is 11.3 Å². The Kier molecular flexibility index (Phi) is 6.82. The third kappa shape index (κ3) is 7.00. The number of amides is 1. The molecular formula is C13H24NO4Si. The summed E-state index contributed by atoms with van der Waals surface area (Å²) in [6, 6.07) is 0. The fourth-order valence-electron chi connectivity index (χ4n) is 1.23. The normalized spacial score (nSPS) is 11.1. The summed E-state index contributed by atoms with van der Waals surface area (Å²) in [7, 11) is -0.769. The maximum atomic E-state index is 12.1. The van der Waals surface area contributed by atoms with Gasteiger partial charge in [0.25, 0.3) is 0 Å². The van der Waals surface area contributed by atoms with E-state index in [1.165, 1.54) is 4.90 Å². The molecule has 19 heavy (non-hydrogen) atoms. The first-order chi connectivity index (χ1) is 8.58. The molecule has 1 radical (unpaired) electrons. The number of carbonyl (C=O) groups excluding carboxylic acids is 2. The maximum Gasteiger partial charge on any atom is 0.414 e. The topological polar surface area (TPSA) is 55.8 Å².